The van der Waals surface area contributed by atoms with Gasteiger partial charge in [0.1, 0.15) is 5.82 Å². The zero-order valence-electron chi connectivity index (χ0n) is 11.5. The highest BCUT2D eigenvalue weighted by Crippen LogP contribution is 2.15. The van der Waals surface area contributed by atoms with E-state index in [1.54, 1.807) is 17.0 Å². The fourth-order valence-electron chi connectivity index (χ4n) is 1.82. The second-order valence-corrected chi connectivity index (χ2v) is 4.77. The van der Waals surface area contributed by atoms with Crippen LogP contribution in [0.4, 0.5) is 4.39 Å². The topological polar surface area (TPSA) is 32.3 Å². The monoisotopic (exact) mass is 286 g/mol. The molecule has 0 heterocycles. The maximum absolute atomic E-state index is 13.0. The molecule has 0 saturated carbocycles. The Kier molecular flexibility index (Phi) is 6.25. The third-order valence-electron chi connectivity index (χ3n) is 3.04. The summed E-state index contributed by atoms with van der Waals surface area (Å²) in [6, 6.07) is 4.28. The number of halogens is 2. The van der Waals surface area contributed by atoms with Gasteiger partial charge in [-0.3, -0.25) is 4.79 Å². The van der Waals surface area contributed by atoms with Crippen LogP contribution in [0, 0.1) is 5.82 Å². The van der Waals surface area contributed by atoms with Crippen molar-refractivity contribution in [2.75, 3.05) is 13.1 Å². The highest BCUT2D eigenvalue weighted by molar-refractivity contribution is 6.30. The SMILES string of the molecule is CCN(CC)C(=O)C(C)NCc1ccc(F)c(Cl)c1. The van der Waals surface area contributed by atoms with Gasteiger partial charge >= 0.3 is 0 Å². The van der Waals surface area contributed by atoms with Crippen LogP contribution < -0.4 is 5.32 Å². The van der Waals surface area contributed by atoms with Crippen molar-refractivity contribution in [3.05, 3.63) is 34.6 Å². The molecule has 0 saturated heterocycles. The lowest BCUT2D eigenvalue weighted by Gasteiger charge is -2.23. The minimum absolute atomic E-state index is 0.0678. The van der Waals surface area contributed by atoms with Crippen molar-refractivity contribution in [1.82, 2.24) is 10.2 Å². The molecule has 0 aliphatic carbocycles. The summed E-state index contributed by atoms with van der Waals surface area (Å²) < 4.78 is 13.0. The molecule has 1 rings (SSSR count). The maximum atomic E-state index is 13.0. The van der Waals surface area contributed by atoms with Crippen LogP contribution in [0.2, 0.25) is 5.02 Å². The fourth-order valence-corrected chi connectivity index (χ4v) is 2.02. The number of amides is 1. The molecule has 0 aromatic heterocycles. The highest BCUT2D eigenvalue weighted by Gasteiger charge is 2.17. The van der Waals surface area contributed by atoms with Crippen molar-refractivity contribution in [3.8, 4) is 0 Å². The van der Waals surface area contributed by atoms with E-state index in [4.69, 9.17) is 11.6 Å². The van der Waals surface area contributed by atoms with E-state index in [1.165, 1.54) is 6.07 Å². The molecule has 3 nitrogen and oxygen atoms in total. The second-order valence-electron chi connectivity index (χ2n) is 4.36. The number of rotatable bonds is 6. The summed E-state index contributed by atoms with van der Waals surface area (Å²) in [5.74, 6) is -0.365. The number of nitrogens with zero attached hydrogens (tertiary/aromatic N) is 1. The van der Waals surface area contributed by atoms with E-state index < -0.39 is 5.82 Å². The predicted octanol–water partition coefficient (Wildman–Crippen LogP) is 2.83. The number of benzene rings is 1. The van der Waals surface area contributed by atoms with Gasteiger partial charge in [0.05, 0.1) is 11.1 Å². The summed E-state index contributed by atoms with van der Waals surface area (Å²) in [6.45, 7) is 7.61. The van der Waals surface area contributed by atoms with Gasteiger partial charge < -0.3 is 10.2 Å². The van der Waals surface area contributed by atoms with Gasteiger partial charge in [-0.05, 0) is 38.5 Å². The third kappa shape index (κ3) is 4.48. The van der Waals surface area contributed by atoms with Gasteiger partial charge in [-0.1, -0.05) is 17.7 Å². The lowest BCUT2D eigenvalue weighted by atomic mass is 10.2. The smallest absolute Gasteiger partial charge is 0.239 e. The molecule has 0 bridgehead atoms. The van der Waals surface area contributed by atoms with E-state index >= 15 is 0 Å². The molecular weight excluding hydrogens is 267 g/mol. The average Bonchev–Trinajstić information content (AvgIpc) is 2.41. The quantitative estimate of drug-likeness (QED) is 0.872. The van der Waals surface area contributed by atoms with Crippen LogP contribution in [0.1, 0.15) is 26.3 Å². The van der Waals surface area contributed by atoms with Crippen molar-refractivity contribution in [2.45, 2.75) is 33.4 Å². The number of carbonyl (C=O) groups excluding carboxylic acids is 1. The number of nitrogens with one attached hydrogen (secondary N) is 1. The highest BCUT2D eigenvalue weighted by atomic mass is 35.5. The van der Waals surface area contributed by atoms with Gasteiger partial charge in [-0.15, -0.1) is 0 Å². The van der Waals surface area contributed by atoms with Gasteiger partial charge in [0.15, 0.2) is 0 Å². The molecule has 5 heteroatoms. The molecule has 1 unspecified atom stereocenters. The molecule has 1 aromatic carbocycles. The lowest BCUT2D eigenvalue weighted by Crippen LogP contribution is -2.44. The van der Waals surface area contributed by atoms with Crippen molar-refractivity contribution < 1.29 is 9.18 Å². The van der Waals surface area contributed by atoms with Crippen molar-refractivity contribution in [2.24, 2.45) is 0 Å². The van der Waals surface area contributed by atoms with Gasteiger partial charge in [0, 0.05) is 19.6 Å². The van der Waals surface area contributed by atoms with E-state index in [0.717, 1.165) is 5.56 Å². The van der Waals surface area contributed by atoms with E-state index in [2.05, 4.69) is 5.32 Å². The first-order valence-corrected chi connectivity index (χ1v) is 6.83. The first-order valence-electron chi connectivity index (χ1n) is 6.45. The molecular formula is C14H20ClFN2O. The molecule has 0 spiro atoms. The Bertz CT molecular complexity index is 435. The maximum Gasteiger partial charge on any atom is 0.239 e. The minimum Gasteiger partial charge on any atom is -0.342 e. The van der Waals surface area contributed by atoms with Gasteiger partial charge in [0.2, 0.25) is 5.91 Å². The fraction of sp³-hybridized carbons (Fsp3) is 0.500. The summed E-state index contributed by atoms with van der Waals surface area (Å²) in [4.78, 5) is 13.8. The average molecular weight is 287 g/mol. The molecule has 0 radical (unpaired) electrons. The van der Waals surface area contributed by atoms with E-state index in [0.29, 0.717) is 19.6 Å². The standard InChI is InChI=1S/C14H20ClFN2O/c1-4-18(5-2)14(19)10(3)17-9-11-6-7-13(16)12(15)8-11/h6-8,10,17H,4-5,9H2,1-3H3. The van der Waals surface area contributed by atoms with Crippen molar-refractivity contribution >= 4 is 17.5 Å². The molecule has 1 amide bonds. The summed E-state index contributed by atoms with van der Waals surface area (Å²) >= 11 is 5.71. The molecule has 0 aliphatic heterocycles. The predicted molar refractivity (Wildman–Crippen MR) is 75.6 cm³/mol. The molecule has 19 heavy (non-hydrogen) atoms. The zero-order valence-corrected chi connectivity index (χ0v) is 12.3. The van der Waals surface area contributed by atoms with Gasteiger partial charge in [-0.25, -0.2) is 4.39 Å². The largest absolute Gasteiger partial charge is 0.342 e. The van der Waals surface area contributed by atoms with Crippen molar-refractivity contribution in [1.29, 1.82) is 0 Å². The number of hydrogen-bond donors (Lipinski definition) is 1. The van der Waals surface area contributed by atoms with Crippen LogP contribution in [-0.2, 0) is 11.3 Å². The second kappa shape index (κ2) is 7.46. The van der Waals surface area contributed by atoms with E-state index in [1.807, 2.05) is 20.8 Å². The Labute approximate surface area is 118 Å². The Hall–Kier alpha value is -1.13. The molecule has 1 N–H and O–H groups in total. The summed E-state index contributed by atoms with van der Waals surface area (Å²) in [7, 11) is 0. The minimum atomic E-state index is -0.433. The van der Waals surface area contributed by atoms with Gasteiger partial charge in [-0.2, -0.15) is 0 Å². The molecule has 0 fully saturated rings. The molecule has 1 atom stereocenters. The molecule has 106 valence electrons. The van der Waals surface area contributed by atoms with Crippen LogP contribution in [-0.4, -0.2) is 29.9 Å². The van der Waals surface area contributed by atoms with Crippen LogP contribution in [0.3, 0.4) is 0 Å². The summed E-state index contributed by atoms with van der Waals surface area (Å²) in [5.41, 5.74) is 0.852. The molecule has 0 aliphatic rings. The first-order chi connectivity index (χ1) is 8.99. The third-order valence-corrected chi connectivity index (χ3v) is 3.33. The Morgan fingerprint density at radius 2 is 2.05 bits per heavy atom. The normalized spacial score (nSPS) is 12.3. The first kappa shape index (κ1) is 15.9. The van der Waals surface area contributed by atoms with E-state index in [9.17, 15) is 9.18 Å². The number of carbonyl (C=O) groups is 1. The van der Waals surface area contributed by atoms with E-state index in [-0.39, 0.29) is 17.0 Å². The van der Waals surface area contributed by atoms with Crippen molar-refractivity contribution in [3.63, 3.8) is 0 Å². The summed E-state index contributed by atoms with van der Waals surface area (Å²) in [6.07, 6.45) is 0. The Morgan fingerprint density at radius 1 is 1.42 bits per heavy atom. The van der Waals surface area contributed by atoms with Gasteiger partial charge in [0.25, 0.3) is 0 Å². The zero-order chi connectivity index (χ0) is 14.4. The lowest BCUT2D eigenvalue weighted by molar-refractivity contribution is -0.132. The van der Waals surface area contributed by atoms with Crippen LogP contribution >= 0.6 is 11.6 Å². The number of likely N-dealkylation sites (N-methyl/N-ethyl adjacent to an activating group) is 1. The Morgan fingerprint density at radius 3 is 2.58 bits per heavy atom. The Balaban J connectivity index is 2.56. The van der Waals surface area contributed by atoms with Crippen LogP contribution in [0.5, 0.6) is 0 Å². The summed E-state index contributed by atoms with van der Waals surface area (Å²) in [5, 5.41) is 3.22. The van der Waals surface area contributed by atoms with Crippen LogP contribution in [0.25, 0.3) is 0 Å². The molecule has 1 aromatic rings. The number of hydrogen-bond acceptors (Lipinski definition) is 2. The van der Waals surface area contributed by atoms with Crippen LogP contribution in [0.15, 0.2) is 18.2 Å².